The van der Waals surface area contributed by atoms with Gasteiger partial charge in [0.15, 0.2) is 0 Å². The van der Waals surface area contributed by atoms with E-state index in [0.717, 1.165) is 54.7 Å². The summed E-state index contributed by atoms with van der Waals surface area (Å²) in [6.45, 7) is 9.63. The monoisotopic (exact) mass is 387 g/mol. The van der Waals surface area contributed by atoms with E-state index in [1.54, 1.807) is 7.11 Å². The van der Waals surface area contributed by atoms with Crippen LogP contribution in [0.15, 0.2) is 17.7 Å². The first-order valence-corrected chi connectivity index (χ1v) is 10.7. The molecule has 2 aliphatic rings. The van der Waals surface area contributed by atoms with Gasteiger partial charge in [0.2, 0.25) is 0 Å². The predicted molar refractivity (Wildman–Crippen MR) is 115 cm³/mol. The van der Waals surface area contributed by atoms with Crippen LogP contribution < -0.4 is 10.1 Å². The third-order valence-corrected chi connectivity index (χ3v) is 6.55. The van der Waals surface area contributed by atoms with E-state index >= 15 is 0 Å². The average molecular weight is 388 g/mol. The van der Waals surface area contributed by atoms with Crippen LogP contribution in [0.1, 0.15) is 70.9 Å². The van der Waals surface area contributed by atoms with Crippen molar-refractivity contribution in [2.75, 3.05) is 20.7 Å². The van der Waals surface area contributed by atoms with E-state index in [0.29, 0.717) is 5.75 Å². The van der Waals surface area contributed by atoms with Gasteiger partial charge in [0.25, 0.3) is 0 Å². The van der Waals surface area contributed by atoms with Gasteiger partial charge in [-0.25, -0.2) is 0 Å². The normalized spacial score (nSPS) is 25.9. The lowest BCUT2D eigenvalue weighted by Crippen LogP contribution is -2.49. The molecule has 4 nitrogen and oxygen atoms in total. The fraction of sp³-hybridized carbons (Fsp3) is 0.667. The molecule has 2 atom stereocenters. The number of phenols is 1. The standard InChI is InChI=1S/C24H37NO3/c1-7-8-9-10-16-13-18(26)21-19(14-16)28-23(2,3)17-11-12-24(4,15-25-5)22(27-6)20(17)21/h13-14,22,25-26H,7-12,15H2,1-6H3/t22-,24?/m1/s1. The van der Waals surface area contributed by atoms with E-state index in [9.17, 15) is 5.11 Å². The lowest BCUT2D eigenvalue weighted by atomic mass is 9.65. The summed E-state index contributed by atoms with van der Waals surface area (Å²) in [5, 5.41) is 14.4. The molecule has 0 radical (unpaired) electrons. The Hall–Kier alpha value is -1.52. The largest absolute Gasteiger partial charge is 0.507 e. The zero-order chi connectivity index (χ0) is 20.5. The number of phenolic OH excluding ortho intramolecular Hbond substituents is 1. The van der Waals surface area contributed by atoms with Gasteiger partial charge in [-0.1, -0.05) is 26.7 Å². The van der Waals surface area contributed by atoms with Gasteiger partial charge in [-0.05, 0) is 75.4 Å². The quantitative estimate of drug-likeness (QED) is 0.640. The van der Waals surface area contributed by atoms with Crippen molar-refractivity contribution in [1.29, 1.82) is 0 Å². The first-order chi connectivity index (χ1) is 13.3. The predicted octanol–water partition coefficient (Wildman–Crippen LogP) is 5.08. The third-order valence-electron chi connectivity index (χ3n) is 6.55. The first kappa shape index (κ1) is 21.2. The van der Waals surface area contributed by atoms with Crippen LogP contribution in [0.5, 0.6) is 11.5 Å². The summed E-state index contributed by atoms with van der Waals surface area (Å²) < 4.78 is 12.5. The van der Waals surface area contributed by atoms with Crippen molar-refractivity contribution in [3.05, 3.63) is 28.8 Å². The third kappa shape index (κ3) is 3.69. The minimum atomic E-state index is -0.394. The maximum absolute atomic E-state index is 11.0. The molecule has 0 bridgehead atoms. The summed E-state index contributed by atoms with van der Waals surface area (Å²) in [4.78, 5) is 0. The molecular weight excluding hydrogens is 350 g/mol. The highest BCUT2D eigenvalue weighted by atomic mass is 16.5. The molecule has 2 N–H and O–H groups in total. The summed E-state index contributed by atoms with van der Waals surface area (Å²) in [5.41, 5.74) is 3.95. The van der Waals surface area contributed by atoms with Crippen LogP contribution in [0, 0.1) is 5.41 Å². The lowest BCUT2D eigenvalue weighted by Gasteiger charge is -2.48. The zero-order valence-corrected chi connectivity index (χ0v) is 18.4. The number of benzene rings is 1. The Morgan fingerprint density at radius 1 is 1.25 bits per heavy atom. The molecule has 4 heteroatoms. The smallest absolute Gasteiger partial charge is 0.132 e. The van der Waals surface area contributed by atoms with E-state index < -0.39 is 5.60 Å². The van der Waals surface area contributed by atoms with E-state index in [2.05, 4.69) is 39.1 Å². The second-order valence-electron chi connectivity index (χ2n) is 9.25. The molecular formula is C24H37NO3. The molecule has 0 saturated heterocycles. The highest BCUT2D eigenvalue weighted by Crippen LogP contribution is 2.55. The molecule has 28 heavy (non-hydrogen) atoms. The molecule has 1 aliphatic carbocycles. The van der Waals surface area contributed by atoms with Crippen LogP contribution >= 0.6 is 0 Å². The Labute approximate surface area is 170 Å². The molecule has 156 valence electrons. The fourth-order valence-electron chi connectivity index (χ4n) is 5.15. The SMILES string of the molecule is CCCCCc1cc(O)c2c(c1)OC(C)(C)C1=C2[C@@H](OC)C(C)(CNC)CC1. The Bertz CT molecular complexity index is 752. The Morgan fingerprint density at radius 2 is 2.00 bits per heavy atom. The molecule has 0 saturated carbocycles. The first-order valence-electron chi connectivity index (χ1n) is 10.7. The van der Waals surface area contributed by atoms with Crippen molar-refractivity contribution >= 4 is 5.57 Å². The highest BCUT2D eigenvalue weighted by Gasteiger charge is 2.48. The van der Waals surface area contributed by atoms with Crippen molar-refractivity contribution in [2.45, 2.75) is 77.9 Å². The molecule has 1 aliphatic heterocycles. The number of aromatic hydroxyl groups is 1. The van der Waals surface area contributed by atoms with Crippen molar-refractivity contribution in [2.24, 2.45) is 5.41 Å². The average Bonchev–Trinajstić information content (AvgIpc) is 2.60. The topological polar surface area (TPSA) is 50.7 Å². The van der Waals surface area contributed by atoms with Gasteiger partial charge in [-0.2, -0.15) is 0 Å². The van der Waals surface area contributed by atoms with E-state index in [1.807, 2.05) is 13.1 Å². The van der Waals surface area contributed by atoms with Crippen molar-refractivity contribution in [3.8, 4) is 11.5 Å². The Balaban J connectivity index is 2.11. The molecule has 0 fully saturated rings. The molecule has 1 heterocycles. The summed E-state index contributed by atoms with van der Waals surface area (Å²) in [6, 6.07) is 4.06. The van der Waals surface area contributed by atoms with Gasteiger partial charge in [0.1, 0.15) is 17.1 Å². The van der Waals surface area contributed by atoms with E-state index in [1.165, 1.54) is 18.4 Å². The molecule has 1 aromatic carbocycles. The Morgan fingerprint density at radius 3 is 2.64 bits per heavy atom. The number of aryl methyl sites for hydroxylation is 1. The fourth-order valence-corrected chi connectivity index (χ4v) is 5.15. The van der Waals surface area contributed by atoms with Crippen LogP contribution in [0.4, 0.5) is 0 Å². The van der Waals surface area contributed by atoms with Gasteiger partial charge in [-0.15, -0.1) is 0 Å². The number of nitrogens with one attached hydrogen (secondary N) is 1. The summed E-state index contributed by atoms with van der Waals surface area (Å²) >= 11 is 0. The molecule has 0 amide bonds. The zero-order valence-electron chi connectivity index (χ0n) is 18.4. The van der Waals surface area contributed by atoms with Gasteiger partial charge < -0.3 is 19.9 Å². The number of ether oxygens (including phenoxy) is 2. The van der Waals surface area contributed by atoms with Gasteiger partial charge in [0.05, 0.1) is 11.7 Å². The van der Waals surface area contributed by atoms with Crippen molar-refractivity contribution < 1.29 is 14.6 Å². The van der Waals surface area contributed by atoms with Crippen molar-refractivity contribution in [1.82, 2.24) is 5.32 Å². The minimum absolute atomic E-state index is 0.0285. The van der Waals surface area contributed by atoms with Crippen LogP contribution in [0.25, 0.3) is 5.57 Å². The number of hydrogen-bond donors (Lipinski definition) is 2. The molecule has 1 aromatic rings. The second kappa shape index (κ2) is 8.08. The maximum atomic E-state index is 11.0. The summed E-state index contributed by atoms with van der Waals surface area (Å²) in [6.07, 6.45) is 6.40. The number of rotatable bonds is 7. The summed E-state index contributed by atoms with van der Waals surface area (Å²) in [5.74, 6) is 1.12. The number of methoxy groups -OCH3 is 1. The molecule has 1 unspecified atom stereocenters. The van der Waals surface area contributed by atoms with E-state index in [4.69, 9.17) is 9.47 Å². The van der Waals surface area contributed by atoms with Gasteiger partial charge >= 0.3 is 0 Å². The van der Waals surface area contributed by atoms with Crippen molar-refractivity contribution in [3.63, 3.8) is 0 Å². The van der Waals surface area contributed by atoms with Gasteiger partial charge in [0, 0.05) is 19.1 Å². The molecule has 0 spiro atoms. The number of unbranched alkanes of at least 4 members (excludes halogenated alkanes) is 2. The van der Waals surface area contributed by atoms with Crippen LogP contribution in [0.3, 0.4) is 0 Å². The Kier molecular flexibility index (Phi) is 6.11. The van der Waals surface area contributed by atoms with Crippen LogP contribution in [0.2, 0.25) is 0 Å². The van der Waals surface area contributed by atoms with E-state index in [-0.39, 0.29) is 11.5 Å². The number of fused-ring (bicyclic) bond motifs is 2. The van der Waals surface area contributed by atoms with Crippen LogP contribution in [-0.4, -0.2) is 37.5 Å². The maximum Gasteiger partial charge on any atom is 0.132 e. The lowest BCUT2D eigenvalue weighted by molar-refractivity contribution is 0.0191. The second-order valence-corrected chi connectivity index (χ2v) is 9.25. The highest BCUT2D eigenvalue weighted by molar-refractivity contribution is 5.84. The van der Waals surface area contributed by atoms with Crippen LogP contribution in [-0.2, 0) is 11.2 Å². The summed E-state index contributed by atoms with van der Waals surface area (Å²) in [7, 11) is 3.77. The molecule has 0 aromatic heterocycles. The minimum Gasteiger partial charge on any atom is -0.507 e. The van der Waals surface area contributed by atoms with Gasteiger partial charge in [-0.3, -0.25) is 0 Å². The number of hydrogen-bond acceptors (Lipinski definition) is 4. The molecule has 3 rings (SSSR count).